The summed E-state index contributed by atoms with van der Waals surface area (Å²) < 4.78 is 5.57. The van der Waals surface area contributed by atoms with E-state index in [1.165, 1.54) is 0 Å². The normalized spacial score (nSPS) is 21.0. The van der Waals surface area contributed by atoms with Crippen LogP contribution in [0.25, 0.3) is 10.9 Å². The van der Waals surface area contributed by atoms with Crippen molar-refractivity contribution in [2.45, 2.75) is 12.2 Å². The number of ether oxygens (including phenoxy) is 1. The molecule has 3 heteroatoms. The lowest BCUT2D eigenvalue weighted by Crippen LogP contribution is -2.07. The number of nitrogens with one attached hydrogen (secondary N) is 1. The number of Topliss-reactive ketones (excluding diaryl/α,β-unsaturated/α-hetero) is 1. The molecule has 1 saturated heterocycles. The molecular formula is C17H13NO2. The van der Waals surface area contributed by atoms with Crippen LogP contribution in [0.1, 0.15) is 22.0 Å². The third kappa shape index (κ3) is 1.75. The van der Waals surface area contributed by atoms with E-state index in [-0.39, 0.29) is 18.0 Å². The maximum atomic E-state index is 12.5. The van der Waals surface area contributed by atoms with Gasteiger partial charge in [0.25, 0.3) is 0 Å². The summed E-state index contributed by atoms with van der Waals surface area (Å²) in [6, 6.07) is 17.7. The summed E-state index contributed by atoms with van der Waals surface area (Å²) in [6.45, 7) is 0. The first-order valence-electron chi connectivity index (χ1n) is 6.65. The summed E-state index contributed by atoms with van der Waals surface area (Å²) in [5.74, 6) is 0.0521. The second-order valence-electron chi connectivity index (χ2n) is 5.00. The van der Waals surface area contributed by atoms with Crippen molar-refractivity contribution >= 4 is 16.7 Å². The SMILES string of the molecule is O=C(c1c[nH]c2ccccc12)C1OC1c1ccccc1. The van der Waals surface area contributed by atoms with Gasteiger partial charge in [0.2, 0.25) is 0 Å². The molecule has 3 aromatic rings. The molecule has 4 rings (SSSR count). The third-order valence-corrected chi connectivity index (χ3v) is 3.73. The van der Waals surface area contributed by atoms with Crippen molar-refractivity contribution in [3.8, 4) is 0 Å². The Bertz CT molecular complexity index is 776. The van der Waals surface area contributed by atoms with Crippen LogP contribution in [0.5, 0.6) is 0 Å². The Hall–Kier alpha value is -2.39. The van der Waals surface area contributed by atoms with Crippen molar-refractivity contribution in [1.29, 1.82) is 0 Å². The van der Waals surface area contributed by atoms with Crippen LogP contribution in [0.3, 0.4) is 0 Å². The number of hydrogen-bond donors (Lipinski definition) is 1. The van der Waals surface area contributed by atoms with E-state index in [2.05, 4.69) is 4.98 Å². The molecule has 1 fully saturated rings. The minimum absolute atomic E-state index is 0.0521. The smallest absolute Gasteiger partial charge is 0.196 e. The van der Waals surface area contributed by atoms with E-state index < -0.39 is 0 Å². The molecule has 1 aromatic heterocycles. The predicted molar refractivity (Wildman–Crippen MR) is 76.7 cm³/mol. The first-order chi connectivity index (χ1) is 9.84. The quantitative estimate of drug-likeness (QED) is 0.580. The number of para-hydroxylation sites is 1. The fourth-order valence-electron chi connectivity index (χ4n) is 2.64. The molecule has 2 atom stereocenters. The van der Waals surface area contributed by atoms with Gasteiger partial charge in [0.05, 0.1) is 0 Å². The molecule has 0 saturated carbocycles. The molecule has 1 aliphatic rings. The molecular weight excluding hydrogens is 250 g/mol. The van der Waals surface area contributed by atoms with Crippen LogP contribution < -0.4 is 0 Å². The number of benzene rings is 2. The van der Waals surface area contributed by atoms with Crippen LogP contribution in [0.4, 0.5) is 0 Å². The molecule has 1 aliphatic heterocycles. The van der Waals surface area contributed by atoms with Gasteiger partial charge in [-0.2, -0.15) is 0 Å². The summed E-state index contributed by atoms with van der Waals surface area (Å²) in [7, 11) is 0. The van der Waals surface area contributed by atoms with Gasteiger partial charge in [-0.15, -0.1) is 0 Å². The number of H-pyrrole nitrogens is 1. The van der Waals surface area contributed by atoms with Crippen LogP contribution in [0.15, 0.2) is 60.8 Å². The molecule has 20 heavy (non-hydrogen) atoms. The summed E-state index contributed by atoms with van der Waals surface area (Å²) in [5.41, 5.74) is 2.75. The number of fused-ring (bicyclic) bond motifs is 1. The van der Waals surface area contributed by atoms with E-state index in [4.69, 9.17) is 4.74 Å². The molecule has 2 heterocycles. The van der Waals surface area contributed by atoms with Crippen molar-refractivity contribution in [3.05, 3.63) is 71.9 Å². The summed E-state index contributed by atoms with van der Waals surface area (Å²) in [6.07, 6.45) is 1.32. The first kappa shape index (κ1) is 11.4. The van der Waals surface area contributed by atoms with Gasteiger partial charge in [-0.25, -0.2) is 0 Å². The van der Waals surface area contributed by atoms with Gasteiger partial charge in [0.15, 0.2) is 11.9 Å². The van der Waals surface area contributed by atoms with Crippen molar-refractivity contribution < 1.29 is 9.53 Å². The van der Waals surface area contributed by atoms with Crippen LogP contribution in [-0.2, 0) is 4.74 Å². The van der Waals surface area contributed by atoms with E-state index in [1.807, 2.05) is 54.6 Å². The fourth-order valence-corrected chi connectivity index (χ4v) is 2.64. The number of aromatic nitrogens is 1. The Labute approximate surface area is 116 Å². The van der Waals surface area contributed by atoms with Gasteiger partial charge in [0.1, 0.15) is 6.10 Å². The van der Waals surface area contributed by atoms with Crippen LogP contribution in [0, 0.1) is 0 Å². The van der Waals surface area contributed by atoms with E-state index in [0.29, 0.717) is 5.56 Å². The zero-order chi connectivity index (χ0) is 13.5. The van der Waals surface area contributed by atoms with Gasteiger partial charge < -0.3 is 9.72 Å². The topological polar surface area (TPSA) is 45.4 Å². The highest BCUT2D eigenvalue weighted by Crippen LogP contribution is 2.41. The fraction of sp³-hybridized carbons (Fsp3) is 0.118. The Morgan fingerprint density at radius 2 is 1.75 bits per heavy atom. The van der Waals surface area contributed by atoms with Crippen molar-refractivity contribution in [2.24, 2.45) is 0 Å². The number of aromatic amines is 1. The van der Waals surface area contributed by atoms with E-state index in [0.717, 1.165) is 16.5 Å². The van der Waals surface area contributed by atoms with Gasteiger partial charge in [-0.05, 0) is 11.6 Å². The van der Waals surface area contributed by atoms with Crippen LogP contribution in [-0.4, -0.2) is 16.9 Å². The largest absolute Gasteiger partial charge is 0.360 e. The average Bonchev–Trinajstić information content (AvgIpc) is 3.20. The van der Waals surface area contributed by atoms with Crippen LogP contribution in [0.2, 0.25) is 0 Å². The average molecular weight is 263 g/mol. The van der Waals surface area contributed by atoms with Gasteiger partial charge in [-0.3, -0.25) is 4.79 Å². The lowest BCUT2D eigenvalue weighted by atomic mass is 10.0. The lowest BCUT2D eigenvalue weighted by Gasteiger charge is -1.96. The van der Waals surface area contributed by atoms with E-state index >= 15 is 0 Å². The Kier molecular flexibility index (Phi) is 2.47. The Morgan fingerprint density at radius 1 is 1.00 bits per heavy atom. The molecule has 0 bridgehead atoms. The summed E-state index contributed by atoms with van der Waals surface area (Å²) >= 11 is 0. The number of ketones is 1. The lowest BCUT2D eigenvalue weighted by molar-refractivity contribution is 0.0955. The number of epoxide rings is 1. The van der Waals surface area contributed by atoms with Gasteiger partial charge >= 0.3 is 0 Å². The second kappa shape index (κ2) is 4.32. The molecule has 0 radical (unpaired) electrons. The predicted octanol–water partition coefficient (Wildman–Crippen LogP) is 3.49. The highest BCUT2D eigenvalue weighted by atomic mass is 16.6. The molecule has 1 N–H and O–H groups in total. The molecule has 0 spiro atoms. The monoisotopic (exact) mass is 263 g/mol. The second-order valence-corrected chi connectivity index (χ2v) is 5.00. The first-order valence-corrected chi connectivity index (χ1v) is 6.65. The van der Waals surface area contributed by atoms with E-state index in [9.17, 15) is 4.79 Å². The van der Waals surface area contributed by atoms with Crippen molar-refractivity contribution in [3.63, 3.8) is 0 Å². The number of carbonyl (C=O) groups excluding carboxylic acids is 1. The molecule has 98 valence electrons. The molecule has 0 amide bonds. The van der Waals surface area contributed by atoms with Gasteiger partial charge in [0, 0.05) is 22.7 Å². The van der Waals surface area contributed by atoms with Crippen LogP contribution >= 0.6 is 0 Å². The molecule has 0 aliphatic carbocycles. The molecule has 3 nitrogen and oxygen atoms in total. The standard InChI is InChI=1S/C17H13NO2/c19-15(13-10-18-14-9-5-4-8-12(13)14)17-16(20-17)11-6-2-1-3-7-11/h1-10,16-18H. The maximum absolute atomic E-state index is 12.5. The number of carbonyl (C=O) groups is 1. The highest BCUT2D eigenvalue weighted by molar-refractivity contribution is 6.11. The third-order valence-electron chi connectivity index (χ3n) is 3.73. The zero-order valence-electron chi connectivity index (χ0n) is 10.7. The maximum Gasteiger partial charge on any atom is 0.196 e. The van der Waals surface area contributed by atoms with Crippen molar-refractivity contribution in [1.82, 2.24) is 4.98 Å². The minimum Gasteiger partial charge on any atom is -0.360 e. The van der Waals surface area contributed by atoms with Gasteiger partial charge in [-0.1, -0.05) is 48.5 Å². The number of hydrogen-bond acceptors (Lipinski definition) is 2. The Morgan fingerprint density at radius 3 is 2.60 bits per heavy atom. The highest BCUT2D eigenvalue weighted by Gasteiger charge is 2.46. The molecule has 2 aromatic carbocycles. The minimum atomic E-state index is -0.350. The van der Waals surface area contributed by atoms with E-state index in [1.54, 1.807) is 6.20 Å². The Balaban J connectivity index is 1.63. The molecule has 2 unspecified atom stereocenters. The number of rotatable bonds is 3. The summed E-state index contributed by atoms with van der Waals surface area (Å²) in [4.78, 5) is 15.7. The van der Waals surface area contributed by atoms with Crippen molar-refractivity contribution in [2.75, 3.05) is 0 Å². The zero-order valence-corrected chi connectivity index (χ0v) is 10.7. The summed E-state index contributed by atoms with van der Waals surface area (Å²) in [5, 5.41) is 0.958.